The minimum absolute atomic E-state index is 0.558. The molecule has 0 radical (unpaired) electrons. The van der Waals surface area contributed by atoms with Crippen molar-refractivity contribution >= 4 is 33.3 Å². The van der Waals surface area contributed by atoms with Crippen molar-refractivity contribution in [3.05, 3.63) is 39.0 Å². The summed E-state index contributed by atoms with van der Waals surface area (Å²) in [6.07, 6.45) is 0.803. The molecule has 0 unspecified atom stereocenters. The highest BCUT2D eigenvalue weighted by Gasteiger charge is 2.19. The third-order valence-electron chi connectivity index (χ3n) is 3.23. The first kappa shape index (κ1) is 13.8. The second kappa shape index (κ2) is 5.68. The zero-order valence-electron chi connectivity index (χ0n) is 10.9. The van der Waals surface area contributed by atoms with Crippen LogP contribution in [0.2, 0.25) is 5.02 Å². The van der Waals surface area contributed by atoms with Crippen LogP contribution in [-0.4, -0.2) is 23.6 Å². The molecule has 1 aromatic carbocycles. The van der Waals surface area contributed by atoms with Gasteiger partial charge in [0.2, 0.25) is 0 Å². The molecule has 0 saturated carbocycles. The number of nitrogens with one attached hydrogen (secondary N) is 1. The maximum absolute atomic E-state index is 6.07. The number of hydrogen-bond donors (Lipinski definition) is 1. The normalized spacial score (nSPS) is 13.9. The lowest BCUT2D eigenvalue weighted by Crippen LogP contribution is -2.16. The summed E-state index contributed by atoms with van der Waals surface area (Å²) in [4.78, 5) is 9.26. The average molecular weight is 355 g/mol. The van der Waals surface area contributed by atoms with Crippen LogP contribution < -0.4 is 5.32 Å². The average Bonchev–Trinajstić information content (AvgIpc) is 2.48. The van der Waals surface area contributed by atoms with Crippen molar-refractivity contribution < 1.29 is 4.74 Å². The summed E-state index contributed by atoms with van der Waals surface area (Å²) in [6.45, 7) is 1.26. The van der Waals surface area contributed by atoms with Gasteiger partial charge in [0.15, 0.2) is 5.82 Å². The molecule has 1 aliphatic rings. The van der Waals surface area contributed by atoms with E-state index in [4.69, 9.17) is 16.3 Å². The van der Waals surface area contributed by atoms with Crippen molar-refractivity contribution in [1.29, 1.82) is 0 Å². The molecule has 0 aliphatic carbocycles. The van der Waals surface area contributed by atoms with Gasteiger partial charge in [-0.3, -0.25) is 0 Å². The summed E-state index contributed by atoms with van der Waals surface area (Å²) >= 11 is 9.60. The molecule has 0 fully saturated rings. The molecule has 0 atom stereocenters. The maximum Gasteiger partial charge on any atom is 0.162 e. The standard InChI is InChI=1S/C14H13BrClN3O/c1-17-13-10-7-20-5-4-12(10)18-14(19-13)9-6-8(16)2-3-11(9)15/h2-3,6H,4-5,7H2,1H3,(H,17,18,19). The Morgan fingerprint density at radius 3 is 3.00 bits per heavy atom. The molecule has 0 bridgehead atoms. The van der Waals surface area contributed by atoms with Gasteiger partial charge in [0, 0.05) is 34.1 Å². The third kappa shape index (κ3) is 2.53. The van der Waals surface area contributed by atoms with Gasteiger partial charge in [0.1, 0.15) is 5.82 Å². The molecule has 0 amide bonds. The molecule has 0 saturated heterocycles. The SMILES string of the molecule is CNc1nc(-c2cc(Cl)ccc2Br)nc2c1COCC2. The minimum Gasteiger partial charge on any atom is -0.376 e. The fraction of sp³-hybridized carbons (Fsp3) is 0.286. The highest BCUT2D eigenvalue weighted by atomic mass is 79.9. The fourth-order valence-electron chi connectivity index (χ4n) is 2.23. The van der Waals surface area contributed by atoms with E-state index in [0.717, 1.165) is 33.5 Å². The van der Waals surface area contributed by atoms with Gasteiger partial charge in [0.25, 0.3) is 0 Å². The molecular weight excluding hydrogens is 342 g/mol. The molecule has 2 heterocycles. The molecule has 6 heteroatoms. The first-order valence-electron chi connectivity index (χ1n) is 6.29. The van der Waals surface area contributed by atoms with Gasteiger partial charge in [-0.1, -0.05) is 27.5 Å². The summed E-state index contributed by atoms with van der Waals surface area (Å²) in [6, 6.07) is 5.61. The lowest BCUT2D eigenvalue weighted by molar-refractivity contribution is 0.109. The Labute approximate surface area is 130 Å². The lowest BCUT2D eigenvalue weighted by Gasteiger charge is -2.19. The van der Waals surface area contributed by atoms with E-state index >= 15 is 0 Å². The Morgan fingerprint density at radius 1 is 1.35 bits per heavy atom. The molecule has 2 aromatic rings. The first-order chi connectivity index (χ1) is 9.69. The second-order valence-corrected chi connectivity index (χ2v) is 5.79. The van der Waals surface area contributed by atoms with E-state index in [1.165, 1.54) is 0 Å². The number of hydrogen-bond acceptors (Lipinski definition) is 4. The Hall–Kier alpha value is -1.17. The van der Waals surface area contributed by atoms with Gasteiger partial charge in [-0.25, -0.2) is 9.97 Å². The number of anilines is 1. The monoisotopic (exact) mass is 353 g/mol. The van der Waals surface area contributed by atoms with Crippen LogP contribution in [0.4, 0.5) is 5.82 Å². The van der Waals surface area contributed by atoms with Crippen molar-refractivity contribution in [2.45, 2.75) is 13.0 Å². The van der Waals surface area contributed by atoms with E-state index in [0.29, 0.717) is 24.1 Å². The van der Waals surface area contributed by atoms with Gasteiger partial charge in [-0.05, 0) is 18.2 Å². The predicted molar refractivity (Wildman–Crippen MR) is 83.1 cm³/mol. The predicted octanol–water partition coefficient (Wildman–Crippen LogP) is 3.67. The van der Waals surface area contributed by atoms with Crippen LogP contribution in [0.15, 0.2) is 22.7 Å². The zero-order valence-corrected chi connectivity index (χ0v) is 13.3. The van der Waals surface area contributed by atoms with E-state index in [2.05, 4.69) is 31.2 Å². The van der Waals surface area contributed by atoms with E-state index < -0.39 is 0 Å². The molecular formula is C14H13BrClN3O. The van der Waals surface area contributed by atoms with Crippen molar-refractivity contribution in [2.24, 2.45) is 0 Å². The van der Waals surface area contributed by atoms with Crippen LogP contribution in [-0.2, 0) is 17.8 Å². The van der Waals surface area contributed by atoms with E-state index in [9.17, 15) is 0 Å². The van der Waals surface area contributed by atoms with E-state index in [-0.39, 0.29) is 0 Å². The molecule has 1 N–H and O–H groups in total. The van der Waals surface area contributed by atoms with Gasteiger partial charge in [0.05, 0.1) is 18.9 Å². The summed E-state index contributed by atoms with van der Waals surface area (Å²) in [5.41, 5.74) is 2.97. The van der Waals surface area contributed by atoms with Crippen LogP contribution in [0, 0.1) is 0 Å². The van der Waals surface area contributed by atoms with Crippen LogP contribution in [0.1, 0.15) is 11.3 Å². The van der Waals surface area contributed by atoms with Crippen molar-refractivity contribution in [2.75, 3.05) is 19.0 Å². The second-order valence-electron chi connectivity index (χ2n) is 4.50. The number of aromatic nitrogens is 2. The third-order valence-corrected chi connectivity index (χ3v) is 4.16. The number of rotatable bonds is 2. The maximum atomic E-state index is 6.07. The largest absolute Gasteiger partial charge is 0.376 e. The van der Waals surface area contributed by atoms with Crippen molar-refractivity contribution in [1.82, 2.24) is 9.97 Å². The Balaban J connectivity index is 2.17. The number of benzene rings is 1. The number of nitrogens with zero attached hydrogens (tertiary/aromatic N) is 2. The van der Waals surface area contributed by atoms with Crippen LogP contribution >= 0.6 is 27.5 Å². The quantitative estimate of drug-likeness (QED) is 0.894. The van der Waals surface area contributed by atoms with Gasteiger partial charge in [-0.2, -0.15) is 0 Å². The smallest absolute Gasteiger partial charge is 0.162 e. The topological polar surface area (TPSA) is 47.0 Å². The molecule has 1 aromatic heterocycles. The highest BCUT2D eigenvalue weighted by Crippen LogP contribution is 2.31. The Kier molecular flexibility index (Phi) is 3.92. The summed E-state index contributed by atoms with van der Waals surface area (Å²) < 4.78 is 6.40. The van der Waals surface area contributed by atoms with Gasteiger partial charge >= 0.3 is 0 Å². The van der Waals surface area contributed by atoms with Crippen LogP contribution in [0.25, 0.3) is 11.4 Å². The molecule has 0 spiro atoms. The fourth-order valence-corrected chi connectivity index (χ4v) is 2.82. The number of halogens is 2. The highest BCUT2D eigenvalue weighted by molar-refractivity contribution is 9.10. The molecule has 20 heavy (non-hydrogen) atoms. The zero-order chi connectivity index (χ0) is 14.1. The summed E-state index contributed by atoms with van der Waals surface area (Å²) in [5, 5.41) is 3.79. The number of ether oxygens (including phenoxy) is 1. The van der Waals surface area contributed by atoms with Crippen LogP contribution in [0.5, 0.6) is 0 Å². The molecule has 3 rings (SSSR count). The van der Waals surface area contributed by atoms with Crippen LogP contribution in [0.3, 0.4) is 0 Å². The first-order valence-corrected chi connectivity index (χ1v) is 7.47. The van der Waals surface area contributed by atoms with Crippen molar-refractivity contribution in [3.8, 4) is 11.4 Å². The molecule has 4 nitrogen and oxygen atoms in total. The molecule has 1 aliphatic heterocycles. The van der Waals surface area contributed by atoms with Gasteiger partial charge < -0.3 is 10.1 Å². The Morgan fingerprint density at radius 2 is 2.20 bits per heavy atom. The summed E-state index contributed by atoms with van der Waals surface area (Å²) in [5.74, 6) is 1.49. The summed E-state index contributed by atoms with van der Waals surface area (Å²) in [7, 11) is 1.86. The lowest BCUT2D eigenvalue weighted by atomic mass is 10.1. The number of fused-ring (bicyclic) bond motifs is 1. The van der Waals surface area contributed by atoms with E-state index in [1.807, 2.05) is 25.2 Å². The minimum atomic E-state index is 0.558. The molecule has 104 valence electrons. The Bertz CT molecular complexity index is 646. The van der Waals surface area contributed by atoms with E-state index in [1.54, 1.807) is 0 Å². The van der Waals surface area contributed by atoms with Crippen molar-refractivity contribution in [3.63, 3.8) is 0 Å². The van der Waals surface area contributed by atoms with Gasteiger partial charge in [-0.15, -0.1) is 0 Å².